The van der Waals surface area contributed by atoms with Gasteiger partial charge < -0.3 is 16.2 Å². The third-order valence-electron chi connectivity index (χ3n) is 2.57. The van der Waals surface area contributed by atoms with Crippen LogP contribution in [0.2, 0.25) is 0 Å². The third-order valence-corrected chi connectivity index (χ3v) is 2.57. The van der Waals surface area contributed by atoms with E-state index < -0.39 is 23.7 Å². The molecule has 6 heteroatoms. The number of benzene rings is 1. The molecule has 0 heterocycles. The average molecular weight is 268 g/mol. The number of carbonyl (C=O) groups excluding carboxylic acids is 1. The molecular formula is C13H17FN2O3. The predicted molar refractivity (Wildman–Crippen MR) is 69.2 cm³/mol. The van der Waals surface area contributed by atoms with Gasteiger partial charge in [0.2, 0.25) is 0 Å². The Kier molecular flexibility index (Phi) is 4.86. The molecule has 1 unspecified atom stereocenters. The zero-order chi connectivity index (χ0) is 14.6. The number of nitrogens with two attached hydrogens (primary N) is 1. The molecule has 1 aromatic rings. The van der Waals surface area contributed by atoms with Gasteiger partial charge >= 0.3 is 5.97 Å². The zero-order valence-electron chi connectivity index (χ0n) is 10.8. The van der Waals surface area contributed by atoms with Gasteiger partial charge in [0, 0.05) is 5.56 Å². The van der Waals surface area contributed by atoms with Crippen molar-refractivity contribution in [3.05, 3.63) is 29.6 Å². The van der Waals surface area contributed by atoms with Crippen LogP contribution in [0, 0.1) is 11.7 Å². The molecule has 0 radical (unpaired) electrons. The van der Waals surface area contributed by atoms with Gasteiger partial charge in [-0.15, -0.1) is 0 Å². The highest BCUT2D eigenvalue weighted by Gasteiger charge is 2.21. The highest BCUT2D eigenvalue weighted by molar-refractivity contribution is 5.97. The van der Waals surface area contributed by atoms with Crippen LogP contribution in [0.25, 0.3) is 0 Å². The number of halogens is 1. The van der Waals surface area contributed by atoms with Crippen molar-refractivity contribution in [2.24, 2.45) is 5.92 Å². The largest absolute Gasteiger partial charge is 0.480 e. The molecule has 1 aromatic carbocycles. The number of anilines is 1. The van der Waals surface area contributed by atoms with E-state index in [1.807, 2.05) is 13.8 Å². The van der Waals surface area contributed by atoms with E-state index in [1.165, 1.54) is 12.1 Å². The van der Waals surface area contributed by atoms with Crippen LogP contribution in [-0.2, 0) is 4.79 Å². The monoisotopic (exact) mass is 268 g/mol. The van der Waals surface area contributed by atoms with Crippen LogP contribution < -0.4 is 11.1 Å². The standard InChI is InChI=1S/C13H17FN2O3/c1-7(2)5-11(13(18)19)16-12(17)8-3-4-9(14)10(15)6-8/h3-4,6-7,11H,5,15H2,1-2H3,(H,16,17)(H,18,19). The molecule has 5 nitrogen and oxygen atoms in total. The molecule has 0 fully saturated rings. The smallest absolute Gasteiger partial charge is 0.326 e. The summed E-state index contributed by atoms with van der Waals surface area (Å²) in [5.41, 5.74) is 5.34. The summed E-state index contributed by atoms with van der Waals surface area (Å²) < 4.78 is 13.0. The van der Waals surface area contributed by atoms with E-state index in [0.717, 1.165) is 6.07 Å². The maximum atomic E-state index is 13.0. The average Bonchev–Trinajstić information content (AvgIpc) is 2.31. The Morgan fingerprint density at radius 2 is 2.05 bits per heavy atom. The van der Waals surface area contributed by atoms with Crippen LogP contribution in [0.3, 0.4) is 0 Å². The van der Waals surface area contributed by atoms with Gasteiger partial charge in [0.05, 0.1) is 5.69 Å². The fourth-order valence-electron chi connectivity index (χ4n) is 1.62. The Balaban J connectivity index is 2.81. The molecule has 0 aliphatic carbocycles. The van der Waals surface area contributed by atoms with E-state index >= 15 is 0 Å². The minimum absolute atomic E-state index is 0.125. The number of hydrogen-bond donors (Lipinski definition) is 3. The molecule has 0 aromatic heterocycles. The minimum Gasteiger partial charge on any atom is -0.480 e. The number of amides is 1. The van der Waals surface area contributed by atoms with E-state index in [1.54, 1.807) is 0 Å². The number of nitrogen functional groups attached to an aromatic ring is 1. The lowest BCUT2D eigenvalue weighted by Crippen LogP contribution is -2.41. The summed E-state index contributed by atoms with van der Waals surface area (Å²) in [5.74, 6) is -2.18. The van der Waals surface area contributed by atoms with Gasteiger partial charge in [-0.05, 0) is 30.5 Å². The molecule has 1 atom stereocenters. The molecule has 0 saturated heterocycles. The van der Waals surface area contributed by atoms with E-state index in [2.05, 4.69) is 5.32 Å². The van der Waals surface area contributed by atoms with Crippen LogP contribution in [0.4, 0.5) is 10.1 Å². The lowest BCUT2D eigenvalue weighted by molar-refractivity contribution is -0.139. The Morgan fingerprint density at radius 1 is 1.42 bits per heavy atom. The number of hydrogen-bond acceptors (Lipinski definition) is 3. The van der Waals surface area contributed by atoms with Crippen LogP contribution in [0.15, 0.2) is 18.2 Å². The Labute approximate surface area is 110 Å². The van der Waals surface area contributed by atoms with Crippen molar-refractivity contribution in [2.45, 2.75) is 26.3 Å². The van der Waals surface area contributed by atoms with Gasteiger partial charge in [-0.3, -0.25) is 4.79 Å². The second-order valence-corrected chi connectivity index (χ2v) is 4.73. The summed E-state index contributed by atoms with van der Waals surface area (Å²) in [4.78, 5) is 22.9. The number of carboxylic acid groups (broad SMARTS) is 1. The highest BCUT2D eigenvalue weighted by Crippen LogP contribution is 2.13. The van der Waals surface area contributed by atoms with Gasteiger partial charge in [0.1, 0.15) is 11.9 Å². The molecule has 0 spiro atoms. The molecule has 19 heavy (non-hydrogen) atoms. The van der Waals surface area contributed by atoms with Crippen molar-refractivity contribution in [1.29, 1.82) is 0 Å². The van der Waals surface area contributed by atoms with Crippen molar-refractivity contribution >= 4 is 17.6 Å². The Bertz CT molecular complexity index is 489. The van der Waals surface area contributed by atoms with E-state index in [4.69, 9.17) is 10.8 Å². The fraction of sp³-hybridized carbons (Fsp3) is 0.385. The summed E-state index contributed by atoms with van der Waals surface area (Å²) in [6.45, 7) is 3.72. The van der Waals surface area contributed by atoms with E-state index in [-0.39, 0.29) is 17.2 Å². The van der Waals surface area contributed by atoms with E-state index in [0.29, 0.717) is 6.42 Å². The molecule has 0 aliphatic rings. The van der Waals surface area contributed by atoms with Crippen LogP contribution in [0.5, 0.6) is 0 Å². The third kappa shape index (κ3) is 4.24. The first-order valence-electron chi connectivity index (χ1n) is 5.90. The van der Waals surface area contributed by atoms with Crippen molar-refractivity contribution in [2.75, 3.05) is 5.73 Å². The summed E-state index contributed by atoms with van der Waals surface area (Å²) in [7, 11) is 0. The van der Waals surface area contributed by atoms with Crippen molar-refractivity contribution in [3.8, 4) is 0 Å². The van der Waals surface area contributed by atoms with Gasteiger partial charge in [-0.2, -0.15) is 0 Å². The molecule has 0 bridgehead atoms. The van der Waals surface area contributed by atoms with Gasteiger partial charge in [0.15, 0.2) is 0 Å². The minimum atomic E-state index is -1.10. The molecule has 4 N–H and O–H groups in total. The van der Waals surface area contributed by atoms with Crippen molar-refractivity contribution < 1.29 is 19.1 Å². The molecule has 0 aliphatic heterocycles. The molecule has 0 saturated carbocycles. The lowest BCUT2D eigenvalue weighted by atomic mass is 10.0. The van der Waals surface area contributed by atoms with Crippen molar-refractivity contribution in [1.82, 2.24) is 5.32 Å². The number of aliphatic carboxylic acids is 1. The Hall–Kier alpha value is -2.11. The van der Waals surface area contributed by atoms with Gasteiger partial charge in [-0.25, -0.2) is 9.18 Å². The van der Waals surface area contributed by atoms with Crippen molar-refractivity contribution in [3.63, 3.8) is 0 Å². The molecule has 104 valence electrons. The topological polar surface area (TPSA) is 92.4 Å². The number of carbonyl (C=O) groups is 2. The SMILES string of the molecule is CC(C)CC(NC(=O)c1ccc(F)c(N)c1)C(=O)O. The fourth-order valence-corrected chi connectivity index (χ4v) is 1.62. The maximum absolute atomic E-state index is 13.0. The first-order chi connectivity index (χ1) is 8.81. The molecular weight excluding hydrogens is 251 g/mol. The summed E-state index contributed by atoms with van der Waals surface area (Å²) in [5, 5.41) is 11.4. The molecule has 1 rings (SSSR count). The van der Waals surface area contributed by atoms with Crippen LogP contribution in [-0.4, -0.2) is 23.0 Å². The number of carboxylic acids is 1. The summed E-state index contributed by atoms with van der Waals surface area (Å²) >= 11 is 0. The van der Waals surface area contributed by atoms with Gasteiger partial charge in [0.25, 0.3) is 5.91 Å². The number of rotatable bonds is 5. The normalized spacial score (nSPS) is 12.2. The lowest BCUT2D eigenvalue weighted by Gasteiger charge is -2.16. The zero-order valence-corrected chi connectivity index (χ0v) is 10.8. The highest BCUT2D eigenvalue weighted by atomic mass is 19.1. The second-order valence-electron chi connectivity index (χ2n) is 4.73. The molecule has 1 amide bonds. The number of nitrogens with one attached hydrogen (secondary N) is 1. The van der Waals surface area contributed by atoms with Crippen LogP contribution >= 0.6 is 0 Å². The first-order valence-corrected chi connectivity index (χ1v) is 5.90. The quantitative estimate of drug-likeness (QED) is 0.708. The van der Waals surface area contributed by atoms with Crippen LogP contribution in [0.1, 0.15) is 30.6 Å². The predicted octanol–water partition coefficient (Wildman–Crippen LogP) is 1.64. The summed E-state index contributed by atoms with van der Waals surface area (Å²) in [6, 6.07) is 2.54. The first kappa shape index (κ1) is 14.9. The summed E-state index contributed by atoms with van der Waals surface area (Å²) in [6.07, 6.45) is 0.317. The maximum Gasteiger partial charge on any atom is 0.326 e. The van der Waals surface area contributed by atoms with E-state index in [9.17, 15) is 14.0 Å². The second kappa shape index (κ2) is 6.17. The van der Waals surface area contributed by atoms with Gasteiger partial charge in [-0.1, -0.05) is 13.8 Å². The Morgan fingerprint density at radius 3 is 2.53 bits per heavy atom.